The van der Waals surface area contributed by atoms with Gasteiger partial charge in [0.05, 0.1) is 6.61 Å². The third kappa shape index (κ3) is 3.17. The van der Waals surface area contributed by atoms with Crippen molar-refractivity contribution in [1.29, 1.82) is 0 Å². The number of para-hydroxylation sites is 1. The summed E-state index contributed by atoms with van der Waals surface area (Å²) in [5.41, 5.74) is 0. The molecule has 1 aliphatic rings. The van der Waals surface area contributed by atoms with Crippen LogP contribution in [0.5, 0.6) is 5.75 Å². The topological polar surface area (TPSA) is 32.7 Å². The Bertz CT molecular complexity index is 359. The molecule has 0 aromatic heterocycles. The summed E-state index contributed by atoms with van der Waals surface area (Å²) < 4.78 is 18.6. The van der Waals surface area contributed by atoms with Crippen LogP contribution in [0.1, 0.15) is 12.8 Å². The molecule has 1 saturated heterocycles. The Morgan fingerprint density at radius 2 is 2.24 bits per heavy atom. The first-order valence-electron chi connectivity index (χ1n) is 6.03. The third-order valence-corrected chi connectivity index (χ3v) is 3.18. The van der Waals surface area contributed by atoms with Crippen molar-refractivity contribution in [3.05, 3.63) is 30.1 Å². The van der Waals surface area contributed by atoms with Crippen LogP contribution in [0.4, 0.5) is 4.39 Å². The monoisotopic (exact) mass is 239 g/mol. The molecule has 0 amide bonds. The van der Waals surface area contributed by atoms with E-state index in [-0.39, 0.29) is 18.5 Å². The Morgan fingerprint density at radius 3 is 3.00 bits per heavy atom. The van der Waals surface area contributed by atoms with Crippen molar-refractivity contribution < 1.29 is 14.2 Å². The largest absolute Gasteiger partial charge is 0.489 e. The number of nitrogens with zero attached hydrogens (tertiary/aromatic N) is 1. The molecular weight excluding hydrogens is 221 g/mol. The number of aliphatic hydroxyl groups is 1. The zero-order valence-corrected chi connectivity index (χ0v) is 9.81. The Morgan fingerprint density at radius 1 is 1.41 bits per heavy atom. The molecule has 0 bridgehead atoms. The molecular formula is C13H18FNO2. The van der Waals surface area contributed by atoms with E-state index in [0.717, 1.165) is 25.9 Å². The number of hydrogen-bond donors (Lipinski definition) is 1. The maximum atomic E-state index is 13.3. The van der Waals surface area contributed by atoms with E-state index in [9.17, 15) is 4.39 Å². The van der Waals surface area contributed by atoms with Gasteiger partial charge in [0.25, 0.3) is 0 Å². The number of halogens is 1. The summed E-state index contributed by atoms with van der Waals surface area (Å²) in [4.78, 5) is 2.20. The van der Waals surface area contributed by atoms with Crippen LogP contribution in [-0.2, 0) is 0 Å². The van der Waals surface area contributed by atoms with Gasteiger partial charge in [-0.15, -0.1) is 0 Å². The van der Waals surface area contributed by atoms with Gasteiger partial charge in [0, 0.05) is 12.6 Å². The predicted octanol–water partition coefficient (Wildman–Crippen LogP) is 1.66. The van der Waals surface area contributed by atoms with E-state index in [2.05, 4.69) is 4.90 Å². The first kappa shape index (κ1) is 12.3. The lowest BCUT2D eigenvalue weighted by Crippen LogP contribution is -2.35. The van der Waals surface area contributed by atoms with Crippen molar-refractivity contribution in [2.45, 2.75) is 18.9 Å². The molecule has 0 radical (unpaired) electrons. The molecule has 1 N–H and O–H groups in total. The lowest BCUT2D eigenvalue weighted by Gasteiger charge is -2.22. The maximum Gasteiger partial charge on any atom is 0.165 e. The highest BCUT2D eigenvalue weighted by molar-refractivity contribution is 5.23. The Labute approximate surface area is 101 Å². The number of benzene rings is 1. The van der Waals surface area contributed by atoms with Crippen molar-refractivity contribution in [3.8, 4) is 5.75 Å². The first-order chi connectivity index (χ1) is 8.31. The molecule has 17 heavy (non-hydrogen) atoms. The van der Waals surface area contributed by atoms with Crippen molar-refractivity contribution in [1.82, 2.24) is 4.90 Å². The van der Waals surface area contributed by atoms with Gasteiger partial charge in [0.15, 0.2) is 11.6 Å². The normalized spacial score (nSPS) is 20.7. The van der Waals surface area contributed by atoms with Crippen LogP contribution in [0.2, 0.25) is 0 Å². The van der Waals surface area contributed by atoms with Crippen LogP contribution in [0.25, 0.3) is 0 Å². The standard InChI is InChI=1S/C13H18FNO2/c14-12-5-1-2-6-13(12)17-9-8-15-7-3-4-11(15)10-16/h1-2,5-6,11,16H,3-4,7-10H2/t11-/m1/s1. The molecule has 3 nitrogen and oxygen atoms in total. The molecule has 1 heterocycles. The minimum atomic E-state index is -0.326. The number of ether oxygens (including phenoxy) is 1. The highest BCUT2D eigenvalue weighted by Crippen LogP contribution is 2.18. The average Bonchev–Trinajstić information content (AvgIpc) is 2.79. The second-order valence-electron chi connectivity index (χ2n) is 4.29. The molecule has 1 fully saturated rings. The smallest absolute Gasteiger partial charge is 0.165 e. The van der Waals surface area contributed by atoms with Crippen LogP contribution in [0.3, 0.4) is 0 Å². The van der Waals surface area contributed by atoms with E-state index < -0.39 is 0 Å². The minimum Gasteiger partial charge on any atom is -0.489 e. The molecule has 94 valence electrons. The Balaban J connectivity index is 1.78. The zero-order chi connectivity index (χ0) is 12.1. The van der Waals surface area contributed by atoms with Crippen LogP contribution < -0.4 is 4.74 Å². The van der Waals surface area contributed by atoms with Crippen LogP contribution in [0, 0.1) is 5.82 Å². The van der Waals surface area contributed by atoms with E-state index in [4.69, 9.17) is 9.84 Å². The highest BCUT2D eigenvalue weighted by Gasteiger charge is 2.23. The van der Waals surface area contributed by atoms with Gasteiger partial charge in [-0.1, -0.05) is 12.1 Å². The quantitative estimate of drug-likeness (QED) is 0.848. The van der Waals surface area contributed by atoms with Crippen LogP contribution in [-0.4, -0.2) is 42.4 Å². The zero-order valence-electron chi connectivity index (χ0n) is 9.81. The summed E-state index contributed by atoms with van der Waals surface area (Å²) in [5.74, 6) is -0.0279. The fraction of sp³-hybridized carbons (Fsp3) is 0.538. The number of rotatable bonds is 5. The summed E-state index contributed by atoms with van der Waals surface area (Å²) in [7, 11) is 0. The van der Waals surface area contributed by atoms with Crippen molar-refractivity contribution in [2.75, 3.05) is 26.3 Å². The van der Waals surface area contributed by atoms with Gasteiger partial charge in [0.1, 0.15) is 6.61 Å². The average molecular weight is 239 g/mol. The summed E-state index contributed by atoms with van der Waals surface area (Å²) in [6.07, 6.45) is 2.15. The number of hydrogen-bond acceptors (Lipinski definition) is 3. The second kappa shape index (κ2) is 5.98. The van der Waals surface area contributed by atoms with E-state index in [1.165, 1.54) is 6.07 Å². The fourth-order valence-corrected chi connectivity index (χ4v) is 2.23. The summed E-state index contributed by atoms with van der Waals surface area (Å²) >= 11 is 0. The molecule has 2 rings (SSSR count). The second-order valence-corrected chi connectivity index (χ2v) is 4.29. The molecule has 4 heteroatoms. The van der Waals surface area contributed by atoms with Gasteiger partial charge in [-0.25, -0.2) is 4.39 Å². The van der Waals surface area contributed by atoms with Crippen LogP contribution >= 0.6 is 0 Å². The highest BCUT2D eigenvalue weighted by atomic mass is 19.1. The first-order valence-corrected chi connectivity index (χ1v) is 6.03. The molecule has 1 atom stereocenters. The molecule has 0 saturated carbocycles. The lowest BCUT2D eigenvalue weighted by atomic mass is 10.2. The SMILES string of the molecule is OC[C@H]1CCCN1CCOc1ccccc1F. The molecule has 0 unspecified atom stereocenters. The van der Waals surface area contributed by atoms with Crippen LogP contribution in [0.15, 0.2) is 24.3 Å². The van der Waals surface area contributed by atoms with Gasteiger partial charge in [0.2, 0.25) is 0 Å². The number of likely N-dealkylation sites (tertiary alicyclic amines) is 1. The maximum absolute atomic E-state index is 13.3. The van der Waals surface area contributed by atoms with E-state index in [1.807, 2.05) is 0 Å². The van der Waals surface area contributed by atoms with Gasteiger partial charge in [-0.3, -0.25) is 4.90 Å². The van der Waals surface area contributed by atoms with E-state index in [0.29, 0.717) is 12.4 Å². The molecule has 1 aromatic carbocycles. The van der Waals surface area contributed by atoms with E-state index >= 15 is 0 Å². The third-order valence-electron chi connectivity index (χ3n) is 3.18. The predicted molar refractivity (Wildman–Crippen MR) is 63.6 cm³/mol. The van der Waals surface area contributed by atoms with Gasteiger partial charge in [-0.05, 0) is 31.5 Å². The van der Waals surface area contributed by atoms with Gasteiger partial charge >= 0.3 is 0 Å². The van der Waals surface area contributed by atoms with Crippen molar-refractivity contribution >= 4 is 0 Å². The number of aliphatic hydroxyl groups excluding tert-OH is 1. The van der Waals surface area contributed by atoms with Gasteiger partial charge < -0.3 is 9.84 Å². The molecule has 0 aliphatic carbocycles. The fourth-order valence-electron chi connectivity index (χ4n) is 2.23. The Kier molecular flexibility index (Phi) is 4.34. The van der Waals surface area contributed by atoms with Crippen molar-refractivity contribution in [3.63, 3.8) is 0 Å². The summed E-state index contributed by atoms with van der Waals surface area (Å²) in [6, 6.07) is 6.67. The molecule has 0 spiro atoms. The molecule has 1 aromatic rings. The summed E-state index contributed by atoms with van der Waals surface area (Å²) in [5, 5.41) is 9.15. The van der Waals surface area contributed by atoms with E-state index in [1.54, 1.807) is 18.2 Å². The Hall–Kier alpha value is -1.13. The van der Waals surface area contributed by atoms with Crippen molar-refractivity contribution in [2.24, 2.45) is 0 Å². The van der Waals surface area contributed by atoms with Gasteiger partial charge in [-0.2, -0.15) is 0 Å². The lowest BCUT2D eigenvalue weighted by molar-refractivity contribution is 0.138. The minimum absolute atomic E-state index is 0.194. The summed E-state index contributed by atoms with van der Waals surface area (Å²) in [6.45, 7) is 2.38. The molecule has 1 aliphatic heterocycles.